The predicted octanol–water partition coefficient (Wildman–Crippen LogP) is 2.80. The van der Waals surface area contributed by atoms with Gasteiger partial charge in [-0.3, -0.25) is 0 Å². The third kappa shape index (κ3) is 6.77. The second-order valence-electron chi connectivity index (χ2n) is 5.79. The lowest BCUT2D eigenvalue weighted by Gasteiger charge is -2.23. The summed E-state index contributed by atoms with van der Waals surface area (Å²) in [6.07, 6.45) is 2.36. The molecule has 1 unspecified atom stereocenters. The summed E-state index contributed by atoms with van der Waals surface area (Å²) >= 11 is 0. The largest absolute Gasteiger partial charge is 0.312 e. The van der Waals surface area contributed by atoms with Gasteiger partial charge in [-0.05, 0) is 45.0 Å². The zero-order chi connectivity index (χ0) is 13.4. The highest BCUT2D eigenvalue weighted by Crippen LogP contribution is 2.05. The fourth-order valence-corrected chi connectivity index (χ4v) is 2.12. The van der Waals surface area contributed by atoms with Crippen LogP contribution < -0.4 is 5.32 Å². The first kappa shape index (κ1) is 15.2. The Hall–Kier alpha value is -0.860. The van der Waals surface area contributed by atoms with Gasteiger partial charge in [-0.2, -0.15) is 0 Å². The van der Waals surface area contributed by atoms with Crippen molar-refractivity contribution >= 4 is 0 Å². The van der Waals surface area contributed by atoms with Crippen LogP contribution in [-0.2, 0) is 6.42 Å². The monoisotopic (exact) mass is 248 g/mol. The highest BCUT2D eigenvalue weighted by atomic mass is 15.1. The number of nitrogens with one attached hydrogen (secondary N) is 1. The fourth-order valence-electron chi connectivity index (χ4n) is 2.12. The van der Waals surface area contributed by atoms with Crippen molar-refractivity contribution in [1.29, 1.82) is 0 Å². The lowest BCUT2D eigenvalue weighted by atomic mass is 10.0. The predicted molar refractivity (Wildman–Crippen MR) is 79.9 cm³/mol. The Kier molecular flexibility index (Phi) is 6.99. The lowest BCUT2D eigenvalue weighted by molar-refractivity contribution is 0.331. The SMILES string of the molecule is CC(C)CCNC(Cc1ccccc1)CN(C)C. The van der Waals surface area contributed by atoms with Gasteiger partial charge in [0, 0.05) is 12.6 Å². The topological polar surface area (TPSA) is 15.3 Å². The number of hydrogen-bond donors (Lipinski definition) is 1. The lowest BCUT2D eigenvalue weighted by Crippen LogP contribution is -2.40. The van der Waals surface area contributed by atoms with Crippen LogP contribution in [0, 0.1) is 5.92 Å². The van der Waals surface area contributed by atoms with Crippen LogP contribution in [0.5, 0.6) is 0 Å². The van der Waals surface area contributed by atoms with Gasteiger partial charge >= 0.3 is 0 Å². The van der Waals surface area contributed by atoms with Crippen molar-refractivity contribution in [2.24, 2.45) is 5.92 Å². The van der Waals surface area contributed by atoms with Gasteiger partial charge in [0.25, 0.3) is 0 Å². The van der Waals surface area contributed by atoms with E-state index in [1.807, 2.05) is 0 Å². The van der Waals surface area contributed by atoms with Crippen molar-refractivity contribution in [3.8, 4) is 0 Å². The zero-order valence-electron chi connectivity index (χ0n) is 12.3. The first-order chi connectivity index (χ1) is 8.58. The van der Waals surface area contributed by atoms with Crippen molar-refractivity contribution in [1.82, 2.24) is 10.2 Å². The smallest absolute Gasteiger partial charge is 0.0235 e. The van der Waals surface area contributed by atoms with Gasteiger partial charge < -0.3 is 10.2 Å². The Bertz CT molecular complexity index is 306. The molecule has 0 spiro atoms. The van der Waals surface area contributed by atoms with Crippen LogP contribution in [0.2, 0.25) is 0 Å². The van der Waals surface area contributed by atoms with Crippen LogP contribution in [0.4, 0.5) is 0 Å². The molecule has 0 saturated carbocycles. The first-order valence-electron chi connectivity index (χ1n) is 7.00. The van der Waals surface area contributed by atoms with E-state index < -0.39 is 0 Å². The second-order valence-corrected chi connectivity index (χ2v) is 5.79. The molecule has 1 N–H and O–H groups in total. The van der Waals surface area contributed by atoms with Crippen LogP contribution >= 0.6 is 0 Å². The van der Waals surface area contributed by atoms with Crippen LogP contribution in [0.3, 0.4) is 0 Å². The van der Waals surface area contributed by atoms with Gasteiger partial charge in [0.15, 0.2) is 0 Å². The summed E-state index contributed by atoms with van der Waals surface area (Å²) in [5, 5.41) is 3.69. The minimum Gasteiger partial charge on any atom is -0.312 e. The van der Waals surface area contributed by atoms with Crippen molar-refractivity contribution in [2.45, 2.75) is 32.7 Å². The second kappa shape index (κ2) is 8.28. The molecule has 0 heterocycles. The highest BCUT2D eigenvalue weighted by Gasteiger charge is 2.10. The highest BCUT2D eigenvalue weighted by molar-refractivity contribution is 5.16. The Morgan fingerprint density at radius 1 is 1.11 bits per heavy atom. The molecule has 2 heteroatoms. The maximum atomic E-state index is 3.69. The maximum Gasteiger partial charge on any atom is 0.0235 e. The van der Waals surface area contributed by atoms with E-state index in [2.05, 4.69) is 68.5 Å². The number of nitrogens with zero attached hydrogens (tertiary/aromatic N) is 1. The van der Waals surface area contributed by atoms with E-state index in [1.54, 1.807) is 0 Å². The average molecular weight is 248 g/mol. The van der Waals surface area contributed by atoms with Crippen molar-refractivity contribution in [2.75, 3.05) is 27.2 Å². The van der Waals surface area contributed by atoms with Crippen LogP contribution in [0.1, 0.15) is 25.8 Å². The molecule has 1 aromatic carbocycles. The minimum atomic E-state index is 0.543. The molecule has 2 nitrogen and oxygen atoms in total. The summed E-state index contributed by atoms with van der Waals surface area (Å²) < 4.78 is 0. The molecule has 1 aromatic rings. The first-order valence-corrected chi connectivity index (χ1v) is 7.00. The van der Waals surface area contributed by atoms with E-state index in [9.17, 15) is 0 Å². The van der Waals surface area contributed by atoms with Gasteiger partial charge in [0.1, 0.15) is 0 Å². The Labute approximate surface area is 112 Å². The normalized spacial score (nSPS) is 13.2. The molecule has 0 amide bonds. The molecular formula is C16H28N2. The van der Waals surface area contributed by atoms with Crippen molar-refractivity contribution < 1.29 is 0 Å². The molecule has 18 heavy (non-hydrogen) atoms. The number of benzene rings is 1. The molecule has 1 atom stereocenters. The van der Waals surface area contributed by atoms with Crippen molar-refractivity contribution in [3.05, 3.63) is 35.9 Å². The van der Waals surface area contributed by atoms with E-state index >= 15 is 0 Å². The molecule has 1 rings (SSSR count). The molecule has 0 aliphatic heterocycles. The van der Waals surface area contributed by atoms with Gasteiger partial charge in [-0.1, -0.05) is 44.2 Å². The van der Waals surface area contributed by atoms with Gasteiger partial charge in [0.05, 0.1) is 0 Å². The summed E-state index contributed by atoms with van der Waals surface area (Å²) in [5.74, 6) is 0.772. The molecule has 0 aliphatic rings. The summed E-state index contributed by atoms with van der Waals surface area (Å²) in [5.41, 5.74) is 1.42. The van der Waals surface area contributed by atoms with Gasteiger partial charge in [0.2, 0.25) is 0 Å². The Morgan fingerprint density at radius 2 is 1.78 bits per heavy atom. The number of likely N-dealkylation sites (N-methyl/N-ethyl adjacent to an activating group) is 1. The molecule has 0 radical (unpaired) electrons. The zero-order valence-corrected chi connectivity index (χ0v) is 12.3. The molecule has 102 valence electrons. The molecule has 0 aliphatic carbocycles. The molecule has 0 aromatic heterocycles. The maximum absolute atomic E-state index is 3.69. The van der Waals surface area contributed by atoms with E-state index in [1.165, 1.54) is 12.0 Å². The van der Waals surface area contributed by atoms with Crippen molar-refractivity contribution in [3.63, 3.8) is 0 Å². The van der Waals surface area contributed by atoms with Crippen LogP contribution in [0.15, 0.2) is 30.3 Å². The van der Waals surface area contributed by atoms with Gasteiger partial charge in [-0.25, -0.2) is 0 Å². The summed E-state index contributed by atoms with van der Waals surface area (Å²) in [6, 6.07) is 11.3. The van der Waals surface area contributed by atoms with Crippen LogP contribution in [0.25, 0.3) is 0 Å². The fraction of sp³-hybridized carbons (Fsp3) is 0.625. The van der Waals surface area contributed by atoms with Gasteiger partial charge in [-0.15, -0.1) is 0 Å². The van der Waals surface area contributed by atoms with E-state index in [0.717, 1.165) is 25.4 Å². The molecule has 0 bridgehead atoms. The standard InChI is InChI=1S/C16H28N2/c1-14(2)10-11-17-16(13-18(3)4)12-15-8-6-5-7-9-15/h5-9,14,16-17H,10-13H2,1-4H3. The number of rotatable bonds is 8. The summed E-state index contributed by atoms with van der Waals surface area (Å²) in [7, 11) is 4.28. The molecule has 0 saturated heterocycles. The third-order valence-corrected chi connectivity index (χ3v) is 3.07. The average Bonchev–Trinajstić information content (AvgIpc) is 2.28. The Morgan fingerprint density at radius 3 is 2.33 bits per heavy atom. The van der Waals surface area contributed by atoms with E-state index in [4.69, 9.17) is 0 Å². The van der Waals surface area contributed by atoms with E-state index in [-0.39, 0.29) is 0 Å². The minimum absolute atomic E-state index is 0.543. The Balaban J connectivity index is 2.45. The summed E-state index contributed by atoms with van der Waals surface area (Å²) in [6.45, 7) is 6.76. The molecular weight excluding hydrogens is 220 g/mol. The quantitative estimate of drug-likeness (QED) is 0.761. The summed E-state index contributed by atoms with van der Waals surface area (Å²) in [4.78, 5) is 2.26. The number of hydrogen-bond acceptors (Lipinski definition) is 2. The third-order valence-electron chi connectivity index (χ3n) is 3.07. The van der Waals surface area contributed by atoms with E-state index in [0.29, 0.717) is 6.04 Å². The molecule has 0 fully saturated rings. The van der Waals surface area contributed by atoms with Crippen LogP contribution in [-0.4, -0.2) is 38.1 Å².